The van der Waals surface area contributed by atoms with Gasteiger partial charge in [-0.05, 0) is 24.1 Å². The molecule has 0 saturated carbocycles. The van der Waals surface area contributed by atoms with Crippen LogP contribution >= 0.6 is 0 Å². The number of aromatic nitrogens is 1. The quantitative estimate of drug-likeness (QED) is 0.619. The van der Waals surface area contributed by atoms with Gasteiger partial charge in [0.05, 0.1) is 0 Å². The molecular weight excluding hydrogens is 194 g/mol. The van der Waals surface area contributed by atoms with E-state index in [1.807, 2.05) is 30.3 Å². The van der Waals surface area contributed by atoms with Gasteiger partial charge in [-0.1, -0.05) is 48.5 Å². The zero-order valence-electron chi connectivity index (χ0n) is 8.90. The number of fused-ring (bicyclic) bond motifs is 1. The largest absolute Gasteiger partial charge is 0.354 e. The fourth-order valence-corrected chi connectivity index (χ4v) is 2.05. The van der Waals surface area contributed by atoms with Crippen LogP contribution in [-0.4, -0.2) is 4.98 Å². The summed E-state index contributed by atoms with van der Waals surface area (Å²) in [5.41, 5.74) is 4.51. The van der Waals surface area contributed by atoms with Crippen molar-refractivity contribution < 1.29 is 0 Å². The highest BCUT2D eigenvalue weighted by atomic mass is 14.7. The van der Waals surface area contributed by atoms with Crippen molar-refractivity contribution in [3.8, 4) is 11.3 Å². The molecule has 0 unspecified atom stereocenters. The van der Waals surface area contributed by atoms with Crippen LogP contribution in [0.5, 0.6) is 0 Å². The summed E-state index contributed by atoms with van der Waals surface area (Å²) in [7, 11) is 0. The summed E-state index contributed by atoms with van der Waals surface area (Å²) in [6.07, 6.45) is 0. The third-order valence-corrected chi connectivity index (χ3v) is 2.88. The lowest BCUT2D eigenvalue weighted by Crippen LogP contribution is -1.78. The van der Waals surface area contributed by atoms with Gasteiger partial charge in [-0.15, -0.1) is 0 Å². The molecule has 0 spiro atoms. The number of H-pyrrole nitrogens is 1. The molecule has 0 aliphatic carbocycles. The minimum Gasteiger partial charge on any atom is -0.354 e. The van der Waals surface area contributed by atoms with Crippen LogP contribution in [0.3, 0.4) is 0 Å². The Morgan fingerprint density at radius 2 is 1.50 bits per heavy atom. The molecular formula is C15H12N. The molecule has 1 heteroatoms. The van der Waals surface area contributed by atoms with Crippen molar-refractivity contribution in [3.05, 3.63) is 67.1 Å². The first-order valence-corrected chi connectivity index (χ1v) is 5.34. The number of para-hydroxylation sites is 1. The van der Waals surface area contributed by atoms with Crippen LogP contribution in [0.25, 0.3) is 22.2 Å². The molecule has 1 heterocycles. The third-order valence-electron chi connectivity index (χ3n) is 2.88. The normalized spacial score (nSPS) is 10.8. The lowest BCUT2D eigenvalue weighted by Gasteiger charge is -1.98. The van der Waals surface area contributed by atoms with Crippen LogP contribution in [0.2, 0.25) is 0 Å². The van der Waals surface area contributed by atoms with Gasteiger partial charge < -0.3 is 4.98 Å². The van der Waals surface area contributed by atoms with E-state index in [0.29, 0.717) is 0 Å². The Bertz CT molecular complexity index is 620. The predicted molar refractivity (Wildman–Crippen MR) is 68.2 cm³/mol. The zero-order valence-corrected chi connectivity index (χ0v) is 8.90. The second-order valence-corrected chi connectivity index (χ2v) is 3.89. The van der Waals surface area contributed by atoms with Gasteiger partial charge in [0.15, 0.2) is 0 Å². The molecule has 2 aromatic carbocycles. The first-order valence-electron chi connectivity index (χ1n) is 5.34. The second-order valence-electron chi connectivity index (χ2n) is 3.89. The maximum Gasteiger partial charge on any atom is 0.0497 e. The molecule has 1 nitrogen and oxygen atoms in total. The van der Waals surface area contributed by atoms with E-state index in [1.54, 1.807) is 0 Å². The standard InChI is InChI=1S/C15H12N/c1-11-13-9-5-6-10-14(13)16-15(11)12-7-3-2-4-8-12/h2-10,16H,1H2. The zero-order chi connectivity index (χ0) is 11.0. The summed E-state index contributed by atoms with van der Waals surface area (Å²) >= 11 is 0. The maximum atomic E-state index is 4.15. The molecule has 0 fully saturated rings. The Kier molecular flexibility index (Phi) is 2.03. The van der Waals surface area contributed by atoms with Crippen molar-refractivity contribution in [2.24, 2.45) is 0 Å². The Labute approximate surface area is 94.7 Å². The number of aromatic amines is 1. The third kappa shape index (κ3) is 1.33. The van der Waals surface area contributed by atoms with Crippen molar-refractivity contribution in [1.29, 1.82) is 0 Å². The van der Waals surface area contributed by atoms with Gasteiger partial charge in [-0.2, -0.15) is 0 Å². The van der Waals surface area contributed by atoms with Crippen LogP contribution in [0.4, 0.5) is 0 Å². The smallest absolute Gasteiger partial charge is 0.0497 e. The van der Waals surface area contributed by atoms with E-state index < -0.39 is 0 Å². The summed E-state index contributed by atoms with van der Waals surface area (Å²) in [5, 5.41) is 1.20. The number of rotatable bonds is 1. The van der Waals surface area contributed by atoms with Gasteiger partial charge >= 0.3 is 0 Å². The minimum atomic E-state index is 1.07. The Morgan fingerprint density at radius 3 is 2.25 bits per heavy atom. The van der Waals surface area contributed by atoms with Gasteiger partial charge in [0.1, 0.15) is 0 Å². The van der Waals surface area contributed by atoms with Crippen LogP contribution in [0.1, 0.15) is 5.56 Å². The number of hydrogen-bond donors (Lipinski definition) is 1. The summed E-state index contributed by atoms with van der Waals surface area (Å²) in [4.78, 5) is 3.42. The molecule has 0 bridgehead atoms. The number of benzene rings is 2. The highest BCUT2D eigenvalue weighted by molar-refractivity contribution is 5.91. The van der Waals surface area contributed by atoms with Crippen molar-refractivity contribution in [2.45, 2.75) is 0 Å². The minimum absolute atomic E-state index is 1.07. The summed E-state index contributed by atoms with van der Waals surface area (Å²) in [6, 6.07) is 18.6. The van der Waals surface area contributed by atoms with Gasteiger partial charge in [0, 0.05) is 16.6 Å². The van der Waals surface area contributed by atoms with E-state index >= 15 is 0 Å². The van der Waals surface area contributed by atoms with Crippen molar-refractivity contribution >= 4 is 10.9 Å². The molecule has 16 heavy (non-hydrogen) atoms. The molecule has 1 aromatic heterocycles. The SMILES string of the molecule is [CH2]c1c(-c2ccccc2)[nH]c2ccccc12. The topological polar surface area (TPSA) is 15.8 Å². The van der Waals surface area contributed by atoms with E-state index in [-0.39, 0.29) is 0 Å². The van der Waals surface area contributed by atoms with E-state index in [2.05, 4.69) is 36.2 Å². The second kappa shape index (κ2) is 3.53. The predicted octanol–water partition coefficient (Wildman–Crippen LogP) is 4.02. The molecule has 3 rings (SSSR count). The summed E-state index contributed by atoms with van der Waals surface area (Å²) in [6.45, 7) is 4.15. The van der Waals surface area contributed by atoms with Gasteiger partial charge in [-0.25, -0.2) is 0 Å². The molecule has 0 aliphatic heterocycles. The van der Waals surface area contributed by atoms with Crippen molar-refractivity contribution in [1.82, 2.24) is 4.98 Å². The Morgan fingerprint density at radius 1 is 0.812 bits per heavy atom. The van der Waals surface area contributed by atoms with Crippen LogP contribution in [-0.2, 0) is 0 Å². The lowest BCUT2D eigenvalue weighted by atomic mass is 10.1. The van der Waals surface area contributed by atoms with Crippen LogP contribution in [0, 0.1) is 6.92 Å². The molecule has 1 N–H and O–H groups in total. The molecule has 0 amide bonds. The number of hydrogen-bond acceptors (Lipinski definition) is 0. The lowest BCUT2D eigenvalue weighted by molar-refractivity contribution is 1.44. The highest BCUT2D eigenvalue weighted by Crippen LogP contribution is 2.28. The van der Waals surface area contributed by atoms with Crippen molar-refractivity contribution in [3.63, 3.8) is 0 Å². The van der Waals surface area contributed by atoms with E-state index in [9.17, 15) is 0 Å². The fourth-order valence-electron chi connectivity index (χ4n) is 2.05. The van der Waals surface area contributed by atoms with E-state index in [0.717, 1.165) is 16.8 Å². The Balaban J connectivity index is 2.29. The average molecular weight is 206 g/mol. The molecule has 77 valence electrons. The first kappa shape index (κ1) is 9.22. The van der Waals surface area contributed by atoms with Crippen LogP contribution in [0.15, 0.2) is 54.6 Å². The first-order chi connectivity index (χ1) is 7.86. The van der Waals surface area contributed by atoms with Gasteiger partial charge in [0.2, 0.25) is 0 Å². The van der Waals surface area contributed by atoms with Gasteiger partial charge in [0.25, 0.3) is 0 Å². The monoisotopic (exact) mass is 206 g/mol. The Hall–Kier alpha value is -2.02. The van der Waals surface area contributed by atoms with E-state index in [4.69, 9.17) is 0 Å². The van der Waals surface area contributed by atoms with Crippen LogP contribution < -0.4 is 0 Å². The molecule has 0 aliphatic rings. The molecule has 1 radical (unpaired) electrons. The highest BCUT2D eigenvalue weighted by Gasteiger charge is 2.07. The van der Waals surface area contributed by atoms with E-state index in [1.165, 1.54) is 10.9 Å². The van der Waals surface area contributed by atoms with Crippen molar-refractivity contribution in [2.75, 3.05) is 0 Å². The average Bonchev–Trinajstić information content (AvgIpc) is 2.69. The molecule has 0 atom stereocenters. The fraction of sp³-hybridized carbons (Fsp3) is 0. The maximum absolute atomic E-state index is 4.15. The summed E-state index contributed by atoms with van der Waals surface area (Å²) in [5.74, 6) is 0. The summed E-state index contributed by atoms with van der Waals surface area (Å²) < 4.78 is 0. The van der Waals surface area contributed by atoms with Gasteiger partial charge in [-0.3, -0.25) is 0 Å². The number of nitrogens with one attached hydrogen (secondary N) is 1. The molecule has 0 saturated heterocycles. The molecule has 3 aromatic rings.